The highest BCUT2D eigenvalue weighted by Crippen LogP contribution is 2.18. The standard InChI is InChI=1S/C19H18N2O3/c1-14-12-18(24-19(22)16-6-4-3-5-7-16)21(20-14)13-15-8-10-17(23-2)11-9-15/h3-12H,13H2,1-2H3. The molecule has 0 aliphatic heterocycles. The first-order valence-corrected chi connectivity index (χ1v) is 7.60. The Bertz CT molecular complexity index is 824. The molecule has 0 atom stereocenters. The third-order valence-corrected chi connectivity index (χ3v) is 3.56. The summed E-state index contributed by atoms with van der Waals surface area (Å²) in [4.78, 5) is 12.2. The van der Waals surface area contributed by atoms with Crippen molar-refractivity contribution in [1.82, 2.24) is 9.78 Å². The zero-order chi connectivity index (χ0) is 16.9. The first-order chi connectivity index (χ1) is 11.7. The normalized spacial score (nSPS) is 10.4. The molecule has 0 fully saturated rings. The lowest BCUT2D eigenvalue weighted by atomic mass is 10.2. The maximum absolute atomic E-state index is 12.2. The first kappa shape index (κ1) is 15.8. The molecule has 0 saturated carbocycles. The Balaban J connectivity index is 1.78. The number of carbonyl (C=O) groups is 1. The summed E-state index contributed by atoms with van der Waals surface area (Å²) in [5.74, 6) is 0.828. The summed E-state index contributed by atoms with van der Waals surface area (Å²) < 4.78 is 12.3. The number of methoxy groups -OCH3 is 1. The number of rotatable bonds is 5. The molecule has 1 aromatic heterocycles. The Hall–Kier alpha value is -3.08. The Morgan fingerprint density at radius 2 is 1.79 bits per heavy atom. The van der Waals surface area contributed by atoms with Gasteiger partial charge >= 0.3 is 5.97 Å². The van der Waals surface area contributed by atoms with Crippen molar-refractivity contribution in [2.45, 2.75) is 13.5 Å². The minimum Gasteiger partial charge on any atom is -0.497 e. The summed E-state index contributed by atoms with van der Waals surface area (Å²) in [5.41, 5.74) is 2.34. The van der Waals surface area contributed by atoms with Crippen LogP contribution in [0.2, 0.25) is 0 Å². The minimum absolute atomic E-state index is 0.397. The van der Waals surface area contributed by atoms with Crippen molar-refractivity contribution in [1.29, 1.82) is 0 Å². The van der Waals surface area contributed by atoms with Gasteiger partial charge in [-0.1, -0.05) is 30.3 Å². The molecular weight excluding hydrogens is 304 g/mol. The number of esters is 1. The molecule has 24 heavy (non-hydrogen) atoms. The molecule has 0 amide bonds. The molecule has 0 N–H and O–H groups in total. The average Bonchev–Trinajstić information content (AvgIpc) is 2.95. The van der Waals surface area contributed by atoms with E-state index < -0.39 is 5.97 Å². The number of hydrogen-bond donors (Lipinski definition) is 0. The summed E-state index contributed by atoms with van der Waals surface area (Å²) in [6.07, 6.45) is 0. The van der Waals surface area contributed by atoms with Gasteiger partial charge in [-0.15, -0.1) is 0 Å². The maximum atomic E-state index is 12.2. The van der Waals surface area contributed by atoms with E-state index in [-0.39, 0.29) is 0 Å². The van der Waals surface area contributed by atoms with Gasteiger partial charge in [-0.05, 0) is 36.8 Å². The lowest BCUT2D eigenvalue weighted by Gasteiger charge is -2.08. The summed E-state index contributed by atoms with van der Waals surface area (Å²) in [6, 6.07) is 18.4. The van der Waals surface area contributed by atoms with Gasteiger partial charge in [0.15, 0.2) is 0 Å². The van der Waals surface area contributed by atoms with Crippen molar-refractivity contribution in [2.75, 3.05) is 7.11 Å². The van der Waals surface area contributed by atoms with Gasteiger partial charge in [0.05, 0.1) is 24.9 Å². The number of ether oxygens (including phenoxy) is 2. The molecule has 122 valence electrons. The quantitative estimate of drug-likeness (QED) is 0.675. The lowest BCUT2D eigenvalue weighted by molar-refractivity contribution is 0.0719. The van der Waals surface area contributed by atoms with E-state index in [0.29, 0.717) is 18.0 Å². The molecule has 5 nitrogen and oxygen atoms in total. The molecule has 0 radical (unpaired) electrons. The van der Waals surface area contributed by atoms with Crippen LogP contribution in [0.25, 0.3) is 0 Å². The predicted octanol–water partition coefficient (Wildman–Crippen LogP) is 3.47. The molecule has 0 saturated heterocycles. The number of benzene rings is 2. The summed E-state index contributed by atoms with van der Waals surface area (Å²) in [6.45, 7) is 2.37. The molecule has 1 heterocycles. The first-order valence-electron chi connectivity index (χ1n) is 7.60. The maximum Gasteiger partial charge on any atom is 0.344 e. The van der Waals surface area contributed by atoms with Crippen molar-refractivity contribution in [3.63, 3.8) is 0 Å². The van der Waals surface area contributed by atoms with Crippen LogP contribution in [0.1, 0.15) is 21.6 Å². The van der Waals surface area contributed by atoms with Crippen LogP contribution in [-0.2, 0) is 6.54 Å². The van der Waals surface area contributed by atoms with Crippen LogP contribution in [0.4, 0.5) is 0 Å². The predicted molar refractivity (Wildman–Crippen MR) is 90.5 cm³/mol. The van der Waals surface area contributed by atoms with Crippen molar-refractivity contribution in [2.24, 2.45) is 0 Å². The van der Waals surface area contributed by atoms with Crippen molar-refractivity contribution < 1.29 is 14.3 Å². The fourth-order valence-corrected chi connectivity index (χ4v) is 2.35. The van der Waals surface area contributed by atoms with E-state index in [1.165, 1.54) is 0 Å². The molecule has 0 bridgehead atoms. The Labute approximate surface area is 140 Å². The van der Waals surface area contributed by atoms with Gasteiger partial charge in [0.1, 0.15) is 5.75 Å². The number of hydrogen-bond acceptors (Lipinski definition) is 4. The summed E-state index contributed by atoms with van der Waals surface area (Å²) in [5, 5.41) is 4.40. The van der Waals surface area contributed by atoms with Crippen LogP contribution in [0.5, 0.6) is 11.6 Å². The second-order valence-electron chi connectivity index (χ2n) is 5.39. The van der Waals surface area contributed by atoms with E-state index in [2.05, 4.69) is 5.10 Å². The smallest absolute Gasteiger partial charge is 0.344 e. The van der Waals surface area contributed by atoms with Gasteiger partial charge in [0, 0.05) is 6.07 Å². The fraction of sp³-hybridized carbons (Fsp3) is 0.158. The van der Waals surface area contributed by atoms with Crippen LogP contribution in [-0.4, -0.2) is 22.9 Å². The third kappa shape index (κ3) is 3.63. The molecule has 2 aromatic carbocycles. The van der Waals surface area contributed by atoms with Gasteiger partial charge in [0.25, 0.3) is 0 Å². The molecule has 0 aliphatic carbocycles. The Kier molecular flexibility index (Phi) is 4.61. The fourth-order valence-electron chi connectivity index (χ4n) is 2.35. The number of nitrogens with zero attached hydrogens (tertiary/aromatic N) is 2. The van der Waals surface area contributed by atoms with Crippen LogP contribution in [0.15, 0.2) is 60.7 Å². The summed E-state index contributed by atoms with van der Waals surface area (Å²) in [7, 11) is 1.63. The molecule has 3 aromatic rings. The highest BCUT2D eigenvalue weighted by molar-refractivity contribution is 5.90. The Morgan fingerprint density at radius 3 is 2.46 bits per heavy atom. The number of carbonyl (C=O) groups excluding carboxylic acids is 1. The summed E-state index contributed by atoms with van der Waals surface area (Å²) >= 11 is 0. The highest BCUT2D eigenvalue weighted by Gasteiger charge is 2.13. The van der Waals surface area contributed by atoms with E-state index in [1.807, 2.05) is 37.3 Å². The zero-order valence-electron chi connectivity index (χ0n) is 13.6. The van der Waals surface area contributed by atoms with Crippen molar-refractivity contribution >= 4 is 5.97 Å². The highest BCUT2D eigenvalue weighted by atomic mass is 16.5. The van der Waals surface area contributed by atoms with Crippen LogP contribution in [0, 0.1) is 6.92 Å². The van der Waals surface area contributed by atoms with Gasteiger partial charge in [-0.2, -0.15) is 5.10 Å². The van der Waals surface area contributed by atoms with Crippen molar-refractivity contribution in [3.05, 3.63) is 77.5 Å². The largest absolute Gasteiger partial charge is 0.497 e. The average molecular weight is 322 g/mol. The van der Waals surface area contributed by atoms with E-state index in [1.54, 1.807) is 42.1 Å². The van der Waals surface area contributed by atoms with Crippen LogP contribution < -0.4 is 9.47 Å². The SMILES string of the molecule is COc1ccc(Cn2nc(C)cc2OC(=O)c2ccccc2)cc1. The number of aryl methyl sites for hydroxylation is 1. The van der Waals surface area contributed by atoms with Gasteiger partial charge in [-0.3, -0.25) is 0 Å². The molecule has 0 unspecified atom stereocenters. The van der Waals surface area contributed by atoms with Gasteiger partial charge in [0.2, 0.25) is 5.88 Å². The van der Waals surface area contributed by atoms with Crippen molar-refractivity contribution in [3.8, 4) is 11.6 Å². The van der Waals surface area contributed by atoms with E-state index >= 15 is 0 Å². The lowest BCUT2D eigenvalue weighted by Crippen LogP contribution is -2.13. The molecule has 0 aliphatic rings. The zero-order valence-corrected chi connectivity index (χ0v) is 13.6. The molecule has 3 rings (SSSR count). The van der Waals surface area contributed by atoms with Crippen LogP contribution in [0.3, 0.4) is 0 Å². The topological polar surface area (TPSA) is 53.4 Å². The second-order valence-corrected chi connectivity index (χ2v) is 5.39. The third-order valence-electron chi connectivity index (χ3n) is 3.56. The second kappa shape index (κ2) is 7.00. The van der Waals surface area contributed by atoms with E-state index in [4.69, 9.17) is 9.47 Å². The molecule has 0 spiro atoms. The molecular formula is C19H18N2O3. The van der Waals surface area contributed by atoms with Crippen LogP contribution >= 0.6 is 0 Å². The monoisotopic (exact) mass is 322 g/mol. The Morgan fingerprint density at radius 1 is 1.08 bits per heavy atom. The van der Waals surface area contributed by atoms with E-state index in [0.717, 1.165) is 17.0 Å². The number of aromatic nitrogens is 2. The minimum atomic E-state index is -0.397. The molecule has 5 heteroatoms. The van der Waals surface area contributed by atoms with E-state index in [9.17, 15) is 4.79 Å². The van der Waals surface area contributed by atoms with Gasteiger partial charge < -0.3 is 9.47 Å². The van der Waals surface area contributed by atoms with Gasteiger partial charge in [-0.25, -0.2) is 9.48 Å².